The second kappa shape index (κ2) is 11.8. The van der Waals surface area contributed by atoms with Crippen LogP contribution < -0.4 is 0 Å². The van der Waals surface area contributed by atoms with Crippen molar-refractivity contribution in [2.45, 2.75) is 92.1 Å². The molecular weight excluding hydrogens is 461 g/mol. The predicted molar refractivity (Wildman–Crippen MR) is 130 cm³/mol. The lowest BCUT2D eigenvalue weighted by Crippen LogP contribution is -2.32. The van der Waals surface area contributed by atoms with Crippen LogP contribution in [0.25, 0.3) is 0 Å². The summed E-state index contributed by atoms with van der Waals surface area (Å²) in [6, 6.07) is 6.55. The summed E-state index contributed by atoms with van der Waals surface area (Å²) in [6.07, 6.45) is 0.0282. The largest absolute Gasteiger partial charge is 0.478 e. The van der Waals surface area contributed by atoms with Crippen LogP contribution in [0.3, 0.4) is 0 Å². The number of hydrogen-bond donors (Lipinski definition) is 1. The summed E-state index contributed by atoms with van der Waals surface area (Å²) < 4.78 is 35.8. The zero-order chi connectivity index (χ0) is 26.4. The molecule has 1 rings (SSSR count). The monoisotopic (exact) mass is 501 g/mol. The lowest BCUT2D eigenvalue weighted by Gasteiger charge is -2.32. The fourth-order valence-corrected chi connectivity index (χ4v) is 4.62. The number of phosphoric acid groups is 1. The highest BCUT2D eigenvalue weighted by molar-refractivity contribution is 7.48. The number of phosphoric ester groups is 1. The van der Waals surface area contributed by atoms with Gasteiger partial charge in [0.2, 0.25) is 0 Å². The molecule has 0 aromatic heterocycles. The fraction of sp³-hybridized carbons (Fsp3) is 0.667. The molecule has 0 atom stereocenters. The Morgan fingerprint density at radius 2 is 1.44 bits per heavy atom. The molecule has 194 valence electrons. The molecule has 0 aliphatic rings. The Kier molecular flexibility index (Phi) is 10.5. The van der Waals surface area contributed by atoms with Gasteiger partial charge in [-0.05, 0) is 73.9 Å². The molecule has 0 aliphatic heterocycles. The summed E-state index contributed by atoms with van der Waals surface area (Å²) in [7, 11) is -4.01. The first kappa shape index (κ1) is 30.3. The number of hydrogen-bond acceptors (Lipinski definition) is 8. The number of carbonyl (C=O) groups is 2. The van der Waals surface area contributed by atoms with Gasteiger partial charge in [0.15, 0.2) is 0 Å². The third-order valence-electron chi connectivity index (χ3n) is 3.86. The Labute approximate surface area is 203 Å². The van der Waals surface area contributed by atoms with Gasteiger partial charge in [-0.2, -0.15) is 0 Å². The summed E-state index contributed by atoms with van der Waals surface area (Å²) in [5.74, 6) is -1.48. The molecule has 9 nitrogen and oxygen atoms in total. The molecule has 0 saturated heterocycles. The summed E-state index contributed by atoms with van der Waals surface area (Å²) in [4.78, 5) is 25.6. The molecule has 1 aromatic carbocycles. The first-order valence-electron chi connectivity index (χ1n) is 11.2. The second-order valence-corrected chi connectivity index (χ2v) is 12.5. The number of ether oxygens (including phenoxy) is 1. The van der Waals surface area contributed by atoms with E-state index in [-0.39, 0.29) is 31.8 Å². The number of nitrogens with zero attached hydrogens (tertiary/aromatic N) is 1. The average Bonchev–Trinajstić information content (AvgIpc) is 2.59. The van der Waals surface area contributed by atoms with Crippen LogP contribution in [0.4, 0.5) is 0 Å². The smallest absolute Gasteiger partial charge is 0.477 e. The van der Waals surface area contributed by atoms with Crippen molar-refractivity contribution < 1.29 is 37.6 Å². The normalized spacial score (nSPS) is 13.2. The molecule has 34 heavy (non-hydrogen) atoms. The summed E-state index contributed by atoms with van der Waals surface area (Å²) in [5, 5.41) is 9.53. The third kappa shape index (κ3) is 12.6. The maximum atomic E-state index is 13.4. The van der Waals surface area contributed by atoms with Crippen LogP contribution in [0.1, 0.15) is 84.7 Å². The van der Waals surface area contributed by atoms with Crippen LogP contribution in [-0.4, -0.2) is 52.0 Å². The highest BCUT2D eigenvalue weighted by Gasteiger charge is 2.37. The Hall–Kier alpha value is -1.77. The van der Waals surface area contributed by atoms with Gasteiger partial charge >= 0.3 is 19.8 Å². The molecule has 0 unspecified atom stereocenters. The number of carboxylic acid groups (broad SMARTS) is 1. The van der Waals surface area contributed by atoms with Crippen LogP contribution in [0.5, 0.6) is 0 Å². The van der Waals surface area contributed by atoms with E-state index in [1.165, 1.54) is 6.07 Å². The van der Waals surface area contributed by atoms with Crippen molar-refractivity contribution in [1.29, 1.82) is 0 Å². The molecule has 0 aliphatic carbocycles. The van der Waals surface area contributed by atoms with Gasteiger partial charge in [0.1, 0.15) is 12.3 Å². The Morgan fingerprint density at radius 3 is 1.91 bits per heavy atom. The summed E-state index contributed by atoms with van der Waals surface area (Å²) in [6.45, 7) is 15.8. The molecule has 1 aromatic rings. The van der Waals surface area contributed by atoms with E-state index in [9.17, 15) is 19.3 Å². The van der Waals surface area contributed by atoms with Crippen LogP contribution in [0.15, 0.2) is 24.3 Å². The Bertz CT molecular complexity index is 860. The zero-order valence-corrected chi connectivity index (χ0v) is 22.7. The quantitative estimate of drug-likeness (QED) is 0.234. The van der Waals surface area contributed by atoms with E-state index < -0.39 is 36.6 Å². The Morgan fingerprint density at radius 1 is 0.912 bits per heavy atom. The number of rotatable bonds is 11. The standard InChI is InChI=1S/C24H40NO8P/c1-22(2,3)31-20(26)14-15-25(16-18-12-10-11-13-19(18)21(27)28)17-30-34(29,32-23(4,5)6)33-24(7,8)9/h10-13H,14-17H2,1-9H3,(H,27,28). The first-order chi connectivity index (χ1) is 15.3. The van der Waals surface area contributed by atoms with Gasteiger partial charge < -0.3 is 9.84 Å². The van der Waals surface area contributed by atoms with Gasteiger partial charge in [0.25, 0.3) is 0 Å². The topological polar surface area (TPSA) is 112 Å². The summed E-state index contributed by atoms with van der Waals surface area (Å²) >= 11 is 0. The van der Waals surface area contributed by atoms with Crippen LogP contribution in [0, 0.1) is 0 Å². The minimum absolute atomic E-state index is 0.0282. The Balaban J connectivity index is 3.12. The highest BCUT2D eigenvalue weighted by atomic mass is 31.2. The molecule has 0 heterocycles. The molecule has 0 bridgehead atoms. The van der Waals surface area contributed by atoms with E-state index >= 15 is 0 Å². The van der Waals surface area contributed by atoms with Crippen LogP contribution in [-0.2, 0) is 34.2 Å². The molecule has 0 fully saturated rings. The number of carboxylic acids is 1. The van der Waals surface area contributed by atoms with E-state index in [4.69, 9.17) is 18.3 Å². The maximum absolute atomic E-state index is 13.4. The first-order valence-corrected chi connectivity index (χ1v) is 12.7. The van der Waals surface area contributed by atoms with Crippen molar-refractivity contribution in [1.82, 2.24) is 4.90 Å². The third-order valence-corrected chi connectivity index (χ3v) is 5.84. The second-order valence-electron chi connectivity index (χ2n) is 11.0. The molecule has 0 amide bonds. The maximum Gasteiger partial charge on any atom is 0.477 e. The molecule has 0 radical (unpaired) electrons. The fourth-order valence-electron chi connectivity index (χ4n) is 2.83. The molecule has 0 spiro atoms. The van der Waals surface area contributed by atoms with E-state index in [2.05, 4.69) is 0 Å². The van der Waals surface area contributed by atoms with Crippen molar-refractivity contribution in [2.24, 2.45) is 0 Å². The number of esters is 1. The predicted octanol–water partition coefficient (Wildman–Crippen LogP) is 5.63. The van der Waals surface area contributed by atoms with Crippen LogP contribution in [0.2, 0.25) is 0 Å². The van der Waals surface area contributed by atoms with E-state index in [1.54, 1.807) is 85.4 Å². The van der Waals surface area contributed by atoms with Gasteiger partial charge in [0, 0.05) is 13.1 Å². The van der Waals surface area contributed by atoms with Gasteiger partial charge in [-0.1, -0.05) is 18.2 Å². The molecule has 10 heteroatoms. The van der Waals surface area contributed by atoms with Crippen molar-refractivity contribution in [3.05, 3.63) is 35.4 Å². The van der Waals surface area contributed by atoms with Crippen molar-refractivity contribution in [3.8, 4) is 0 Å². The van der Waals surface area contributed by atoms with Crippen molar-refractivity contribution in [2.75, 3.05) is 13.3 Å². The molecule has 0 saturated carbocycles. The van der Waals surface area contributed by atoms with Gasteiger partial charge in [-0.15, -0.1) is 0 Å². The van der Waals surface area contributed by atoms with Crippen LogP contribution >= 0.6 is 7.82 Å². The van der Waals surface area contributed by atoms with Crippen molar-refractivity contribution in [3.63, 3.8) is 0 Å². The minimum Gasteiger partial charge on any atom is -0.478 e. The highest BCUT2D eigenvalue weighted by Crippen LogP contribution is 2.55. The lowest BCUT2D eigenvalue weighted by atomic mass is 10.1. The SMILES string of the molecule is CC(C)(C)OC(=O)CCN(COP(=O)(OC(C)(C)C)OC(C)(C)C)Cc1ccccc1C(=O)O. The molecule has 1 N–H and O–H groups in total. The number of carbonyl (C=O) groups excluding carboxylic acids is 1. The number of benzene rings is 1. The average molecular weight is 502 g/mol. The molecular formula is C24H40NO8P. The van der Waals surface area contributed by atoms with Crippen molar-refractivity contribution >= 4 is 19.8 Å². The van der Waals surface area contributed by atoms with E-state index in [1.807, 2.05) is 0 Å². The lowest BCUT2D eigenvalue weighted by molar-refractivity contribution is -0.155. The minimum atomic E-state index is -4.01. The van der Waals surface area contributed by atoms with E-state index in [0.29, 0.717) is 5.56 Å². The van der Waals surface area contributed by atoms with Gasteiger partial charge in [-0.25, -0.2) is 9.36 Å². The van der Waals surface area contributed by atoms with Gasteiger partial charge in [-0.3, -0.25) is 23.3 Å². The van der Waals surface area contributed by atoms with Gasteiger partial charge in [0.05, 0.1) is 23.2 Å². The zero-order valence-electron chi connectivity index (χ0n) is 21.8. The number of aromatic carboxylic acids is 1. The van der Waals surface area contributed by atoms with E-state index in [0.717, 1.165) is 0 Å². The summed E-state index contributed by atoms with van der Waals surface area (Å²) in [5.41, 5.74) is -1.60.